The number of nitrogens with zero attached hydrogens (tertiary/aromatic N) is 2. The molecule has 1 heterocycles. The van der Waals surface area contributed by atoms with Gasteiger partial charge in [-0.1, -0.05) is 77.8 Å². The van der Waals surface area contributed by atoms with Crippen molar-refractivity contribution >= 4 is 34.9 Å². The number of esters is 1. The van der Waals surface area contributed by atoms with E-state index in [4.69, 9.17) is 17.0 Å². The maximum Gasteiger partial charge on any atom is 0.302 e. The fourth-order valence-electron chi connectivity index (χ4n) is 13.5. The molecule has 7 rings (SSSR count). The number of anilines is 1. The summed E-state index contributed by atoms with van der Waals surface area (Å²) in [5, 5.41) is 4.17. The lowest BCUT2D eigenvalue weighted by Crippen LogP contribution is -2.66. The van der Waals surface area contributed by atoms with E-state index in [1.54, 1.807) is 12.5 Å². The third-order valence-corrected chi connectivity index (χ3v) is 17.2. The Morgan fingerprint density at radius 2 is 1.51 bits per heavy atom. The molecule has 0 aromatic heterocycles. The number of fused-ring (bicyclic) bond motifs is 7. The summed E-state index contributed by atoms with van der Waals surface area (Å²) in [5.41, 5.74) is 3.97. The number of hydrogen-bond donors (Lipinski definition) is 1. The molecule has 0 bridgehead atoms. The maximum atomic E-state index is 15.1. The Balaban J connectivity index is 1.14. The minimum Gasteiger partial charge on any atom is -0.462 e. The van der Waals surface area contributed by atoms with Gasteiger partial charge in [-0.05, 0) is 135 Å². The van der Waals surface area contributed by atoms with Crippen molar-refractivity contribution in [3.8, 4) is 0 Å². The lowest BCUT2D eigenvalue weighted by Gasteiger charge is -2.71. The van der Waals surface area contributed by atoms with Crippen LogP contribution in [-0.2, 0) is 14.3 Å². The first-order valence-corrected chi connectivity index (χ1v) is 20.7. The fraction of sp³-hybridized carbons (Fsp3) is 0.750. The van der Waals surface area contributed by atoms with E-state index in [1.807, 2.05) is 0 Å². The van der Waals surface area contributed by atoms with Crippen LogP contribution in [0, 0.1) is 63.6 Å². The van der Waals surface area contributed by atoms with Gasteiger partial charge in [0.15, 0.2) is 5.11 Å². The van der Waals surface area contributed by atoms with Gasteiger partial charge in [-0.15, -0.1) is 0 Å². The number of hydrogen-bond acceptors (Lipinski definition) is 4. The van der Waals surface area contributed by atoms with Crippen molar-refractivity contribution in [2.75, 3.05) is 31.5 Å². The Hall–Kier alpha value is -2.41. The number of benzene rings is 1. The Labute approximate surface area is 313 Å². The van der Waals surface area contributed by atoms with Gasteiger partial charge in [0, 0.05) is 44.2 Å². The molecule has 0 unspecified atom stereocenters. The number of amides is 1. The van der Waals surface area contributed by atoms with Gasteiger partial charge in [0.1, 0.15) is 6.10 Å². The molecule has 280 valence electrons. The molecular formula is C44H65N3O3S. The van der Waals surface area contributed by atoms with Crippen molar-refractivity contribution in [2.45, 2.75) is 126 Å². The Bertz CT molecular complexity index is 1580. The number of nitrogens with one attached hydrogen (secondary N) is 1. The molecule has 6 aliphatic rings. The molecule has 10 atom stereocenters. The van der Waals surface area contributed by atoms with Crippen LogP contribution in [-0.4, -0.2) is 59.1 Å². The molecule has 1 saturated heterocycles. The molecule has 6 nitrogen and oxygen atoms in total. The summed E-state index contributed by atoms with van der Waals surface area (Å²) >= 11 is 5.83. The number of thiocarbonyl (C=S) groups is 1. The van der Waals surface area contributed by atoms with E-state index in [0.717, 1.165) is 81.9 Å². The monoisotopic (exact) mass is 715 g/mol. The smallest absolute Gasteiger partial charge is 0.302 e. The van der Waals surface area contributed by atoms with Crippen LogP contribution >= 0.6 is 12.2 Å². The van der Waals surface area contributed by atoms with Crippen LogP contribution in [0.15, 0.2) is 35.9 Å². The zero-order chi connectivity index (χ0) is 36.7. The summed E-state index contributed by atoms with van der Waals surface area (Å²) in [7, 11) is 0. The lowest BCUT2D eigenvalue weighted by atomic mass is 9.33. The molecule has 51 heavy (non-hydrogen) atoms. The first-order chi connectivity index (χ1) is 24.0. The second-order valence-corrected chi connectivity index (χ2v) is 19.7. The highest BCUT2D eigenvalue weighted by Gasteiger charge is 2.70. The van der Waals surface area contributed by atoms with Gasteiger partial charge in [-0.25, -0.2) is 0 Å². The summed E-state index contributed by atoms with van der Waals surface area (Å²) in [4.78, 5) is 31.7. The molecule has 4 saturated carbocycles. The minimum atomic E-state index is -0.311. The second-order valence-electron chi connectivity index (χ2n) is 19.3. The van der Waals surface area contributed by atoms with Crippen LogP contribution < -0.4 is 5.32 Å². The largest absolute Gasteiger partial charge is 0.462 e. The number of aryl methyl sites for hydroxylation is 1. The Morgan fingerprint density at radius 3 is 2.18 bits per heavy atom. The van der Waals surface area contributed by atoms with Crippen LogP contribution in [0.25, 0.3) is 0 Å². The average Bonchev–Trinajstić information content (AvgIpc) is 3.08. The highest BCUT2D eigenvalue weighted by Crippen LogP contribution is 2.76. The van der Waals surface area contributed by atoms with Crippen molar-refractivity contribution in [3.63, 3.8) is 0 Å². The predicted octanol–water partition coefficient (Wildman–Crippen LogP) is 9.43. The summed E-state index contributed by atoms with van der Waals surface area (Å²) in [6.45, 7) is 24.2. The zero-order valence-corrected chi connectivity index (χ0v) is 33.9. The normalized spacial score (nSPS) is 41.5. The quantitative estimate of drug-likeness (QED) is 0.191. The van der Waals surface area contributed by atoms with Gasteiger partial charge in [0.2, 0.25) is 5.91 Å². The molecule has 5 aliphatic carbocycles. The molecular weight excluding hydrogens is 651 g/mol. The van der Waals surface area contributed by atoms with E-state index in [2.05, 4.69) is 101 Å². The number of rotatable bonds is 3. The van der Waals surface area contributed by atoms with E-state index in [1.165, 1.54) is 18.4 Å². The zero-order valence-electron chi connectivity index (χ0n) is 33.1. The SMILES string of the molecule is CC(=O)O[C@H]1CC[C@]2(C)[C@H]3CC=C4[C@@H]5[C@@H](C)[C@H](C)CC[C@]5(C(=O)N5CCN(C(=S)Nc6ccc(C)cc6)CC5)CC[C@@]4(C)[C@]3(C)CC[C@H]2C1(C)C. The molecule has 5 fully saturated rings. The molecule has 1 aromatic carbocycles. The van der Waals surface area contributed by atoms with Crippen molar-refractivity contribution in [1.29, 1.82) is 0 Å². The number of ether oxygens (including phenoxy) is 1. The topological polar surface area (TPSA) is 61.9 Å². The Kier molecular flexibility index (Phi) is 9.32. The van der Waals surface area contributed by atoms with Crippen LogP contribution in [0.5, 0.6) is 0 Å². The van der Waals surface area contributed by atoms with Gasteiger partial charge >= 0.3 is 5.97 Å². The predicted molar refractivity (Wildman–Crippen MR) is 210 cm³/mol. The molecule has 0 radical (unpaired) electrons. The number of carbonyl (C=O) groups excluding carboxylic acids is 2. The van der Waals surface area contributed by atoms with Gasteiger partial charge < -0.3 is 19.9 Å². The van der Waals surface area contributed by atoms with E-state index in [-0.39, 0.29) is 39.1 Å². The molecule has 1 aromatic rings. The molecule has 1 aliphatic heterocycles. The van der Waals surface area contributed by atoms with Gasteiger partial charge in [-0.2, -0.15) is 0 Å². The lowest BCUT2D eigenvalue weighted by molar-refractivity contribution is -0.213. The first kappa shape index (κ1) is 36.9. The van der Waals surface area contributed by atoms with Gasteiger partial charge in [0.05, 0.1) is 5.41 Å². The van der Waals surface area contributed by atoms with Crippen molar-refractivity contribution < 1.29 is 14.3 Å². The van der Waals surface area contributed by atoms with Crippen LogP contribution in [0.2, 0.25) is 0 Å². The summed E-state index contributed by atoms with van der Waals surface area (Å²) in [6.07, 6.45) is 12.5. The van der Waals surface area contributed by atoms with Crippen LogP contribution in [0.1, 0.15) is 119 Å². The van der Waals surface area contributed by atoms with Crippen molar-refractivity contribution in [1.82, 2.24) is 9.80 Å². The van der Waals surface area contributed by atoms with E-state index in [0.29, 0.717) is 35.5 Å². The summed E-state index contributed by atoms with van der Waals surface area (Å²) < 4.78 is 5.98. The number of piperazine rings is 1. The van der Waals surface area contributed by atoms with Crippen molar-refractivity contribution in [3.05, 3.63) is 41.5 Å². The fourth-order valence-corrected chi connectivity index (χ4v) is 13.8. The van der Waals surface area contributed by atoms with Crippen LogP contribution in [0.3, 0.4) is 0 Å². The van der Waals surface area contributed by atoms with E-state index in [9.17, 15) is 4.79 Å². The summed E-state index contributed by atoms with van der Waals surface area (Å²) in [5.74, 6) is 2.76. The van der Waals surface area contributed by atoms with E-state index < -0.39 is 0 Å². The van der Waals surface area contributed by atoms with E-state index >= 15 is 4.79 Å². The Morgan fingerprint density at radius 1 is 0.843 bits per heavy atom. The molecule has 1 N–H and O–H groups in total. The molecule has 7 heteroatoms. The first-order valence-electron chi connectivity index (χ1n) is 20.3. The third kappa shape index (κ3) is 5.63. The number of allylic oxidation sites excluding steroid dienone is 2. The highest BCUT2D eigenvalue weighted by atomic mass is 32.1. The van der Waals surface area contributed by atoms with Crippen molar-refractivity contribution in [2.24, 2.45) is 56.7 Å². The average molecular weight is 716 g/mol. The molecule has 0 spiro atoms. The third-order valence-electron chi connectivity index (χ3n) is 16.8. The number of carbonyl (C=O) groups is 2. The second kappa shape index (κ2) is 12.9. The van der Waals surface area contributed by atoms with Crippen LogP contribution in [0.4, 0.5) is 5.69 Å². The minimum absolute atomic E-state index is 0.00417. The standard InChI is InChI=1S/C44H65N3O3S/c1-28-10-12-32(13-11-28)45-39(51)47-26-24-46(25-27-47)38(49)44-21-16-29(2)30(3)37(44)33-14-15-35-41(7)19-18-36(50-31(4)48)40(5,6)34(41)17-20-43(35,9)42(33,8)22-23-44/h10-14,29-30,34-37H,15-27H2,1-9H3,(H,45,51)/t29-,30+,34+,35-,36+,37+,41+,42-,43-,44+/m1/s1. The maximum absolute atomic E-state index is 15.1. The van der Waals surface area contributed by atoms with Gasteiger partial charge in [-0.3, -0.25) is 9.59 Å². The summed E-state index contributed by atoms with van der Waals surface area (Å²) in [6, 6.07) is 8.36. The molecule has 1 amide bonds. The highest BCUT2D eigenvalue weighted by molar-refractivity contribution is 7.80. The van der Waals surface area contributed by atoms with Gasteiger partial charge in [0.25, 0.3) is 0 Å².